The molecular weight excluding hydrogens is 345 g/mol. The minimum Gasteiger partial charge on any atom is -0.321 e. The maximum atomic E-state index is 12.8. The maximum Gasteiger partial charge on any atom is 0.329 e. The van der Waals surface area contributed by atoms with Crippen LogP contribution in [0.5, 0.6) is 0 Å². The minimum absolute atomic E-state index is 0.0109. The van der Waals surface area contributed by atoms with Crippen molar-refractivity contribution in [2.45, 2.75) is 45.1 Å². The van der Waals surface area contributed by atoms with Gasteiger partial charge in [-0.2, -0.15) is 0 Å². The van der Waals surface area contributed by atoms with Crippen molar-refractivity contribution in [3.8, 4) is 11.3 Å². The lowest BCUT2D eigenvalue weighted by molar-refractivity contribution is 0.161. The van der Waals surface area contributed by atoms with Gasteiger partial charge in [0, 0.05) is 24.3 Å². The average Bonchev–Trinajstić information content (AvgIpc) is 3.09. The van der Waals surface area contributed by atoms with Crippen LogP contribution in [0.3, 0.4) is 0 Å². The topological polar surface area (TPSA) is 38.1 Å². The van der Waals surface area contributed by atoms with E-state index in [1.807, 2.05) is 17.9 Å². The summed E-state index contributed by atoms with van der Waals surface area (Å²) in [5.41, 5.74) is 1.55. The summed E-state index contributed by atoms with van der Waals surface area (Å²) in [4.78, 5) is 19.2. The number of aromatic nitrogens is 2. The minimum atomic E-state index is -0.0109. The molecule has 128 valence electrons. The van der Waals surface area contributed by atoms with Gasteiger partial charge in [-0.25, -0.2) is 9.78 Å². The Balaban J connectivity index is 1.80. The first-order valence-corrected chi connectivity index (χ1v) is 9.16. The second-order valence-corrected chi connectivity index (χ2v) is 6.97. The molecule has 24 heavy (non-hydrogen) atoms. The quantitative estimate of drug-likeness (QED) is 0.721. The first-order valence-electron chi connectivity index (χ1n) is 8.40. The zero-order valence-corrected chi connectivity index (χ0v) is 15.2. The summed E-state index contributed by atoms with van der Waals surface area (Å²) >= 11 is 12.0. The summed E-state index contributed by atoms with van der Waals surface area (Å²) in [6.07, 6.45) is 9.19. The molecule has 1 amide bonds. The Kier molecular flexibility index (Phi) is 5.47. The number of nitrogens with zero attached hydrogens (tertiary/aromatic N) is 3. The van der Waals surface area contributed by atoms with Crippen LogP contribution in [-0.2, 0) is 0 Å². The Morgan fingerprint density at radius 1 is 1.25 bits per heavy atom. The highest BCUT2D eigenvalue weighted by molar-refractivity contribution is 6.42. The second kappa shape index (κ2) is 7.58. The van der Waals surface area contributed by atoms with Gasteiger partial charge < -0.3 is 4.90 Å². The van der Waals surface area contributed by atoms with E-state index in [-0.39, 0.29) is 6.03 Å². The normalized spacial score (nSPS) is 15.5. The fourth-order valence-electron chi connectivity index (χ4n) is 3.32. The molecule has 0 spiro atoms. The zero-order valence-electron chi connectivity index (χ0n) is 13.7. The summed E-state index contributed by atoms with van der Waals surface area (Å²) in [6, 6.07) is 5.68. The van der Waals surface area contributed by atoms with Gasteiger partial charge in [0.25, 0.3) is 0 Å². The Bertz CT molecular complexity index is 723. The maximum absolute atomic E-state index is 12.8. The van der Waals surface area contributed by atoms with Crippen molar-refractivity contribution >= 4 is 29.2 Å². The lowest BCUT2D eigenvalue weighted by atomic mass is 9.94. The summed E-state index contributed by atoms with van der Waals surface area (Å²) in [7, 11) is 0. The van der Waals surface area contributed by atoms with E-state index in [0.29, 0.717) is 28.3 Å². The predicted molar refractivity (Wildman–Crippen MR) is 97.7 cm³/mol. The van der Waals surface area contributed by atoms with Crippen LogP contribution in [0.25, 0.3) is 11.3 Å². The van der Waals surface area contributed by atoms with E-state index >= 15 is 0 Å². The number of benzene rings is 1. The fourth-order valence-corrected chi connectivity index (χ4v) is 3.62. The molecule has 0 unspecified atom stereocenters. The number of hydrogen-bond donors (Lipinski definition) is 0. The molecule has 0 atom stereocenters. The smallest absolute Gasteiger partial charge is 0.321 e. The van der Waals surface area contributed by atoms with Crippen LogP contribution in [0.2, 0.25) is 10.0 Å². The van der Waals surface area contributed by atoms with E-state index in [0.717, 1.165) is 18.4 Å². The van der Waals surface area contributed by atoms with Crippen molar-refractivity contribution in [1.82, 2.24) is 14.5 Å². The Labute approximate surface area is 152 Å². The Morgan fingerprint density at radius 2 is 2.00 bits per heavy atom. The monoisotopic (exact) mass is 365 g/mol. The van der Waals surface area contributed by atoms with Gasteiger partial charge in [-0.15, -0.1) is 0 Å². The molecular formula is C18H21Cl2N3O. The molecule has 1 aliphatic carbocycles. The molecule has 1 saturated carbocycles. The molecule has 6 heteroatoms. The molecule has 4 nitrogen and oxygen atoms in total. The third kappa shape index (κ3) is 3.60. The highest BCUT2D eigenvalue weighted by Crippen LogP contribution is 2.28. The summed E-state index contributed by atoms with van der Waals surface area (Å²) in [5, 5.41) is 0.984. The van der Waals surface area contributed by atoms with Gasteiger partial charge >= 0.3 is 6.03 Å². The van der Waals surface area contributed by atoms with Crippen molar-refractivity contribution in [1.29, 1.82) is 0 Å². The van der Waals surface area contributed by atoms with Gasteiger partial charge in [-0.3, -0.25) is 4.57 Å². The van der Waals surface area contributed by atoms with Crippen LogP contribution in [0, 0.1) is 0 Å². The molecule has 2 aromatic rings. The molecule has 0 aliphatic heterocycles. The number of imidazole rings is 1. The van der Waals surface area contributed by atoms with Crippen LogP contribution in [0.4, 0.5) is 4.79 Å². The van der Waals surface area contributed by atoms with Gasteiger partial charge in [0.2, 0.25) is 0 Å². The number of hydrogen-bond acceptors (Lipinski definition) is 2. The van der Waals surface area contributed by atoms with E-state index in [1.165, 1.54) is 19.3 Å². The van der Waals surface area contributed by atoms with Crippen LogP contribution in [0.1, 0.15) is 39.0 Å². The van der Waals surface area contributed by atoms with E-state index in [2.05, 4.69) is 4.98 Å². The summed E-state index contributed by atoms with van der Waals surface area (Å²) in [5.74, 6) is 0. The molecule has 1 heterocycles. The van der Waals surface area contributed by atoms with Crippen LogP contribution in [-0.4, -0.2) is 33.1 Å². The third-order valence-electron chi connectivity index (χ3n) is 4.62. The highest BCUT2D eigenvalue weighted by Gasteiger charge is 2.25. The molecule has 1 aliphatic rings. The van der Waals surface area contributed by atoms with Gasteiger partial charge in [-0.1, -0.05) is 48.5 Å². The standard InChI is InChI=1S/C18H21Cl2N3O/c1-2-23(14-6-4-3-5-7-14)18(24)22-11-17(21-12-22)13-8-9-15(19)16(20)10-13/h8-12,14H,2-7H2,1H3. The van der Waals surface area contributed by atoms with Gasteiger partial charge in [-0.05, 0) is 31.9 Å². The third-order valence-corrected chi connectivity index (χ3v) is 5.36. The number of carbonyl (C=O) groups is 1. The zero-order chi connectivity index (χ0) is 17.1. The van der Waals surface area contributed by atoms with Crippen LogP contribution < -0.4 is 0 Å². The Morgan fingerprint density at radius 3 is 2.67 bits per heavy atom. The number of rotatable bonds is 3. The van der Waals surface area contributed by atoms with Crippen molar-refractivity contribution in [2.24, 2.45) is 0 Å². The van der Waals surface area contributed by atoms with E-state index in [9.17, 15) is 4.79 Å². The number of halogens is 2. The van der Waals surface area contributed by atoms with E-state index in [1.54, 1.807) is 29.2 Å². The van der Waals surface area contributed by atoms with Crippen molar-refractivity contribution in [3.05, 3.63) is 40.8 Å². The lowest BCUT2D eigenvalue weighted by Gasteiger charge is -2.33. The van der Waals surface area contributed by atoms with Gasteiger partial charge in [0.05, 0.1) is 15.7 Å². The van der Waals surface area contributed by atoms with Crippen LogP contribution >= 0.6 is 23.2 Å². The number of carbonyl (C=O) groups excluding carboxylic acids is 1. The first kappa shape index (κ1) is 17.3. The molecule has 0 radical (unpaired) electrons. The van der Waals surface area contributed by atoms with Gasteiger partial charge in [0.1, 0.15) is 6.33 Å². The summed E-state index contributed by atoms with van der Waals surface area (Å²) in [6.45, 7) is 2.74. The molecule has 1 aromatic carbocycles. The van der Waals surface area contributed by atoms with E-state index in [4.69, 9.17) is 23.2 Å². The van der Waals surface area contributed by atoms with Crippen molar-refractivity contribution in [3.63, 3.8) is 0 Å². The molecule has 1 aromatic heterocycles. The van der Waals surface area contributed by atoms with Gasteiger partial charge in [0.15, 0.2) is 0 Å². The molecule has 3 rings (SSSR count). The lowest BCUT2D eigenvalue weighted by Crippen LogP contribution is -2.43. The van der Waals surface area contributed by atoms with Crippen molar-refractivity contribution < 1.29 is 4.79 Å². The van der Waals surface area contributed by atoms with Crippen molar-refractivity contribution in [2.75, 3.05) is 6.54 Å². The predicted octanol–water partition coefficient (Wildman–Crippen LogP) is 5.48. The molecule has 0 N–H and O–H groups in total. The summed E-state index contributed by atoms with van der Waals surface area (Å²) < 4.78 is 1.57. The highest BCUT2D eigenvalue weighted by atomic mass is 35.5. The average molecular weight is 366 g/mol. The molecule has 1 fully saturated rings. The fraction of sp³-hybridized carbons (Fsp3) is 0.444. The van der Waals surface area contributed by atoms with E-state index < -0.39 is 0 Å². The Hall–Kier alpha value is -1.52. The molecule has 0 bridgehead atoms. The second-order valence-electron chi connectivity index (χ2n) is 6.16. The molecule has 0 saturated heterocycles. The number of amides is 1. The first-order chi connectivity index (χ1) is 11.6. The SMILES string of the molecule is CCN(C(=O)n1cnc(-c2ccc(Cl)c(Cl)c2)c1)C1CCCCC1. The van der Waals surface area contributed by atoms with Crippen LogP contribution in [0.15, 0.2) is 30.7 Å². The largest absolute Gasteiger partial charge is 0.329 e.